The number of aryl methyl sites for hydroxylation is 1. The molecule has 0 unspecified atom stereocenters. The van der Waals surface area contributed by atoms with Crippen LogP contribution in [0.5, 0.6) is 5.75 Å². The van der Waals surface area contributed by atoms with E-state index in [0.717, 1.165) is 22.5 Å². The van der Waals surface area contributed by atoms with E-state index in [9.17, 15) is 22.8 Å². The number of benzene rings is 4. The van der Waals surface area contributed by atoms with Gasteiger partial charge in [0.15, 0.2) is 11.5 Å². The molecule has 0 aliphatic carbocycles. The first-order chi connectivity index (χ1) is 22.8. The standard InChI is InChI=1S/C17H15N3O2.C10H11NO2.C7H7F3N2O.CH4.2ClH/c1-12-3-9-15(10-4-12)20-11-18-16(19-20)13-5-7-14(8-6-13)17(21)22-2;1-7(11)8-3-5-9(6-4-8)10(12)13-2;8-7(9,10)13-6-3-1-5(12-11)2-4-6;;;/h3-11H,1-2H3;3-6,11H,1-2H3;1-4,12H,11H2;1H4;2*1H. The number of aromatic nitrogens is 3. The molecule has 0 saturated carbocycles. The van der Waals surface area contributed by atoms with Crippen LogP contribution in [0.1, 0.15) is 46.2 Å². The molecule has 11 nitrogen and oxygen atoms in total. The molecule has 0 radical (unpaired) electrons. The normalized spacial score (nSPS) is 9.73. The van der Waals surface area contributed by atoms with Crippen molar-refractivity contribution in [3.63, 3.8) is 0 Å². The van der Waals surface area contributed by atoms with Crippen LogP contribution in [0.3, 0.4) is 0 Å². The van der Waals surface area contributed by atoms with Crippen molar-refractivity contribution in [2.45, 2.75) is 27.6 Å². The van der Waals surface area contributed by atoms with Crippen LogP contribution in [0.25, 0.3) is 17.1 Å². The highest BCUT2D eigenvalue weighted by molar-refractivity contribution is 5.95. The summed E-state index contributed by atoms with van der Waals surface area (Å²) in [4.78, 5) is 26.8. The lowest BCUT2D eigenvalue weighted by Crippen LogP contribution is -3.00. The second-order valence-corrected chi connectivity index (χ2v) is 9.89. The van der Waals surface area contributed by atoms with E-state index in [4.69, 9.17) is 11.3 Å². The van der Waals surface area contributed by atoms with Crippen LogP contribution in [0.4, 0.5) is 18.9 Å². The number of halogens is 5. The smallest absolute Gasteiger partial charge is 0.573 e. The summed E-state index contributed by atoms with van der Waals surface area (Å²) in [6, 6.07) is 27.1. The van der Waals surface area contributed by atoms with Gasteiger partial charge in [-0.1, -0.05) is 37.3 Å². The van der Waals surface area contributed by atoms with Gasteiger partial charge in [0.2, 0.25) is 0 Å². The Balaban J connectivity index is 0.000000756. The molecular weight excluding hydrogens is 712 g/mol. The number of nitrogen functional groups attached to an aromatic ring is 1. The number of carbonyl (C=O) groups excluding carboxylic acids is 2. The number of hydrogen-bond acceptors (Lipinski definition) is 9. The highest BCUT2D eigenvalue weighted by Gasteiger charge is 2.30. The zero-order chi connectivity index (χ0) is 35.3. The lowest BCUT2D eigenvalue weighted by molar-refractivity contribution is -0.274. The van der Waals surface area contributed by atoms with Crippen molar-refractivity contribution in [1.82, 2.24) is 14.8 Å². The maximum atomic E-state index is 11.7. The van der Waals surface area contributed by atoms with Crippen LogP contribution >= 0.6 is 12.4 Å². The Morgan fingerprint density at radius 2 is 1.27 bits per heavy atom. The monoisotopic (exact) mass is 750 g/mol. The summed E-state index contributed by atoms with van der Waals surface area (Å²) in [7, 11) is 2.72. The predicted molar refractivity (Wildman–Crippen MR) is 187 cm³/mol. The molecule has 0 saturated heterocycles. The second kappa shape index (κ2) is 21.6. The Morgan fingerprint density at radius 3 is 1.71 bits per heavy atom. The molecule has 274 valence electrons. The molecule has 0 spiro atoms. The highest BCUT2D eigenvalue weighted by Crippen LogP contribution is 2.23. The molecule has 4 aromatic carbocycles. The molecule has 0 bridgehead atoms. The topological polar surface area (TPSA) is 156 Å². The quantitative estimate of drug-likeness (QED) is 0.0986. The van der Waals surface area contributed by atoms with Crippen LogP contribution < -0.4 is 33.8 Å². The van der Waals surface area contributed by atoms with E-state index in [2.05, 4.69) is 29.7 Å². The predicted octanol–water partition coefficient (Wildman–Crippen LogP) is 3.00. The van der Waals surface area contributed by atoms with Crippen LogP contribution in [0, 0.1) is 6.92 Å². The van der Waals surface area contributed by atoms with E-state index in [1.54, 1.807) is 59.5 Å². The van der Waals surface area contributed by atoms with E-state index >= 15 is 0 Å². The first kappa shape index (κ1) is 45.6. The molecule has 5 aromatic rings. The minimum Gasteiger partial charge on any atom is -1.00 e. The molecule has 51 heavy (non-hydrogen) atoms. The van der Waals surface area contributed by atoms with Gasteiger partial charge in [-0.3, -0.25) is 11.3 Å². The molecular formula is C35H39Cl2F3N6O5. The Labute approximate surface area is 306 Å². The van der Waals surface area contributed by atoms with Gasteiger partial charge in [-0.2, -0.15) is 0 Å². The number of anilines is 1. The summed E-state index contributed by atoms with van der Waals surface area (Å²) < 4.78 is 49.6. The summed E-state index contributed by atoms with van der Waals surface area (Å²) in [5, 5.41) is 10.0. The van der Waals surface area contributed by atoms with Gasteiger partial charge in [-0.15, -0.1) is 30.7 Å². The summed E-state index contributed by atoms with van der Waals surface area (Å²) in [6.07, 6.45) is -2.98. The van der Waals surface area contributed by atoms with Crippen molar-refractivity contribution < 1.29 is 54.8 Å². The third kappa shape index (κ3) is 14.5. The number of nitrogens with zero attached hydrogens (tertiary/aromatic N) is 3. The molecule has 1 aromatic heterocycles. The minimum atomic E-state index is -4.66. The lowest BCUT2D eigenvalue weighted by Gasteiger charge is -2.08. The maximum Gasteiger partial charge on any atom is 0.573 e. The van der Waals surface area contributed by atoms with Gasteiger partial charge in [0.1, 0.15) is 12.1 Å². The highest BCUT2D eigenvalue weighted by atomic mass is 35.5. The van der Waals surface area contributed by atoms with Crippen molar-refractivity contribution >= 4 is 35.7 Å². The van der Waals surface area contributed by atoms with Crippen LogP contribution in [-0.2, 0) is 9.47 Å². The average molecular weight is 752 g/mol. The number of rotatable bonds is 7. The summed E-state index contributed by atoms with van der Waals surface area (Å²) in [5.74, 6) is 4.66. The number of nitrogens with one attached hydrogen (secondary N) is 1. The van der Waals surface area contributed by atoms with Gasteiger partial charge in [0, 0.05) is 23.7 Å². The summed E-state index contributed by atoms with van der Waals surface area (Å²) in [5.41, 5.74) is 8.48. The average Bonchev–Trinajstić information content (AvgIpc) is 3.59. The molecule has 1 heterocycles. The largest absolute Gasteiger partial charge is 1.00 e. The third-order valence-electron chi connectivity index (χ3n) is 6.37. The molecule has 0 atom stereocenters. The summed E-state index contributed by atoms with van der Waals surface area (Å²) >= 11 is 0. The molecule has 5 rings (SSSR count). The van der Waals surface area contributed by atoms with Crippen LogP contribution in [-0.4, -0.2) is 53.0 Å². The fourth-order valence-electron chi connectivity index (χ4n) is 3.83. The number of hydrogen-bond donors (Lipinski definition) is 3. The zero-order valence-corrected chi connectivity index (χ0v) is 28.8. The second-order valence-electron chi connectivity index (χ2n) is 9.89. The van der Waals surface area contributed by atoms with Crippen LogP contribution in [0.2, 0.25) is 0 Å². The zero-order valence-electron chi connectivity index (χ0n) is 27.3. The Bertz CT molecular complexity index is 1800. The van der Waals surface area contributed by atoms with E-state index in [0.29, 0.717) is 22.6 Å². The molecule has 0 aliphatic heterocycles. The van der Waals surface area contributed by atoms with E-state index in [1.165, 1.54) is 44.0 Å². The third-order valence-corrected chi connectivity index (χ3v) is 6.37. The molecule has 0 fully saturated rings. The van der Waals surface area contributed by atoms with E-state index in [-0.39, 0.29) is 49.9 Å². The van der Waals surface area contributed by atoms with Gasteiger partial charge in [-0.05, 0) is 79.7 Å². The first-order valence-corrected chi connectivity index (χ1v) is 14.1. The first-order valence-electron chi connectivity index (χ1n) is 14.1. The molecule has 5 N–H and O–H groups in total. The Morgan fingerprint density at radius 1 is 0.804 bits per heavy atom. The van der Waals surface area contributed by atoms with Crippen molar-refractivity contribution in [2.75, 3.05) is 19.6 Å². The number of alkyl halides is 3. The number of esters is 2. The minimum absolute atomic E-state index is 0. The van der Waals surface area contributed by atoms with E-state index in [1.807, 2.05) is 38.1 Å². The van der Waals surface area contributed by atoms with Crippen molar-refractivity contribution in [3.05, 3.63) is 126 Å². The number of hydrazine groups is 1. The SMILES string of the molecule is C.COC(=O)c1ccc(-c2ncn(-c3ccc(C)cc3)n2)cc1.COC(=O)c1ccc(C(C)=[NH2+])cc1.Cl.NNc1ccc(OC(F)(F)F)cc1.[Cl-]. The molecule has 0 aliphatic rings. The number of methoxy groups -OCH3 is 2. The van der Waals surface area contributed by atoms with Crippen molar-refractivity contribution in [1.29, 1.82) is 0 Å². The fourth-order valence-corrected chi connectivity index (χ4v) is 3.83. The fraction of sp³-hybridized carbons (Fsp3) is 0.171. The van der Waals surface area contributed by atoms with Gasteiger partial charge in [0.25, 0.3) is 0 Å². The molecule has 16 heteroatoms. The summed E-state index contributed by atoms with van der Waals surface area (Å²) in [6.45, 7) is 3.85. The molecule has 0 amide bonds. The van der Waals surface area contributed by atoms with Gasteiger partial charge < -0.3 is 32.0 Å². The van der Waals surface area contributed by atoms with E-state index < -0.39 is 6.36 Å². The lowest BCUT2D eigenvalue weighted by atomic mass is 10.1. The van der Waals surface area contributed by atoms with Gasteiger partial charge >= 0.3 is 18.3 Å². The number of ether oxygens (including phenoxy) is 3. The van der Waals surface area contributed by atoms with Gasteiger partial charge in [-0.25, -0.2) is 19.3 Å². The van der Waals surface area contributed by atoms with Crippen molar-refractivity contribution in [3.8, 4) is 22.8 Å². The maximum absolute atomic E-state index is 11.7. The van der Waals surface area contributed by atoms with Gasteiger partial charge in [0.05, 0.1) is 31.0 Å². The van der Waals surface area contributed by atoms with Crippen LogP contribution in [0.15, 0.2) is 103 Å². The Hall–Kier alpha value is -5.44. The number of nitrogens with two attached hydrogens (primary N) is 2. The number of carbonyl (C=O) groups is 2. The van der Waals surface area contributed by atoms with Crippen molar-refractivity contribution in [2.24, 2.45) is 5.84 Å². The Kier molecular flexibility index (Phi) is 19.3.